The monoisotopic (exact) mass is 520 g/mol. The molecule has 10 nitrogen and oxygen atoms in total. The van der Waals surface area contributed by atoms with Gasteiger partial charge < -0.3 is 9.47 Å². The number of nitro groups is 1. The number of nitro benzene ring substituents is 1. The van der Waals surface area contributed by atoms with E-state index < -0.39 is 58.1 Å². The van der Waals surface area contributed by atoms with Gasteiger partial charge in [-0.25, -0.2) is 9.18 Å². The minimum atomic E-state index is -4.91. The zero-order valence-corrected chi connectivity index (χ0v) is 19.1. The number of rotatable bonds is 7. The lowest BCUT2D eigenvalue weighted by Gasteiger charge is -2.35. The van der Waals surface area contributed by atoms with E-state index in [-0.39, 0.29) is 27.7 Å². The van der Waals surface area contributed by atoms with E-state index in [1.165, 1.54) is 19.1 Å². The van der Waals surface area contributed by atoms with Gasteiger partial charge in [-0.1, -0.05) is 6.58 Å². The molecule has 0 aromatic heterocycles. The highest BCUT2D eigenvalue weighted by molar-refractivity contribution is 5.99. The lowest BCUT2D eigenvalue weighted by atomic mass is 10.1. The van der Waals surface area contributed by atoms with Crippen LogP contribution in [0.2, 0.25) is 0 Å². The highest BCUT2D eigenvalue weighted by Gasteiger charge is 2.44. The van der Waals surface area contributed by atoms with Gasteiger partial charge in [0.25, 0.3) is 0 Å². The summed E-state index contributed by atoms with van der Waals surface area (Å²) < 4.78 is 65.6. The lowest BCUT2D eigenvalue weighted by molar-refractivity contribution is -0.385. The minimum absolute atomic E-state index is 0.0428. The van der Waals surface area contributed by atoms with Crippen molar-refractivity contribution in [2.45, 2.75) is 13.1 Å². The quantitative estimate of drug-likeness (QED) is 0.279. The normalized spacial score (nSPS) is 13.7. The Labute approximate surface area is 206 Å². The summed E-state index contributed by atoms with van der Waals surface area (Å²) in [5, 5.41) is 20.8. The molecule has 0 aliphatic carbocycles. The first-order chi connectivity index (χ1) is 17.2. The lowest BCUT2D eigenvalue weighted by Crippen LogP contribution is -2.46. The van der Waals surface area contributed by atoms with Gasteiger partial charge in [0.15, 0.2) is 23.1 Å². The van der Waals surface area contributed by atoms with Crippen LogP contribution in [0.5, 0.6) is 17.2 Å². The molecular formula is C23H16F4N4O6. The van der Waals surface area contributed by atoms with Gasteiger partial charge in [-0.2, -0.15) is 18.4 Å². The van der Waals surface area contributed by atoms with E-state index in [1.54, 1.807) is 0 Å². The molecular weight excluding hydrogens is 504 g/mol. The predicted molar refractivity (Wildman–Crippen MR) is 119 cm³/mol. The van der Waals surface area contributed by atoms with Crippen LogP contribution in [0.1, 0.15) is 12.5 Å². The molecule has 0 atom stereocenters. The summed E-state index contributed by atoms with van der Waals surface area (Å²) >= 11 is 0. The van der Waals surface area contributed by atoms with Gasteiger partial charge in [0.2, 0.25) is 5.75 Å². The Balaban J connectivity index is 2.14. The summed E-state index contributed by atoms with van der Waals surface area (Å²) in [5.41, 5.74) is -3.47. The number of benzene rings is 2. The number of allylic oxidation sites excluding steroid dienone is 2. The fourth-order valence-electron chi connectivity index (χ4n) is 3.23. The van der Waals surface area contributed by atoms with Crippen molar-refractivity contribution < 1.29 is 41.5 Å². The number of amides is 2. The maximum absolute atomic E-state index is 15.0. The number of hydrogen-bond acceptors (Lipinski definition) is 7. The molecule has 37 heavy (non-hydrogen) atoms. The van der Waals surface area contributed by atoms with Crippen LogP contribution in [0, 0.1) is 27.3 Å². The predicted octanol–water partition coefficient (Wildman–Crippen LogP) is 5.20. The van der Waals surface area contributed by atoms with Crippen molar-refractivity contribution in [1.82, 2.24) is 4.90 Å². The van der Waals surface area contributed by atoms with E-state index >= 15 is 0 Å². The molecule has 1 aliphatic rings. The van der Waals surface area contributed by atoms with E-state index in [9.17, 15) is 42.5 Å². The van der Waals surface area contributed by atoms with Crippen molar-refractivity contribution in [3.63, 3.8) is 0 Å². The fraction of sp³-hybridized carbons (Fsp3) is 0.174. The number of carbonyl (C=O) groups excluding carboxylic acids is 2. The van der Waals surface area contributed by atoms with Gasteiger partial charge >= 0.3 is 17.9 Å². The second-order valence-electron chi connectivity index (χ2n) is 7.59. The smallest absolute Gasteiger partial charge is 0.431 e. The van der Waals surface area contributed by atoms with Crippen LogP contribution in [0.4, 0.5) is 33.7 Å². The number of ketones is 1. The number of anilines is 1. The highest BCUT2D eigenvalue weighted by Crippen LogP contribution is 2.42. The van der Waals surface area contributed by atoms with Crippen molar-refractivity contribution in [3.8, 4) is 23.3 Å². The third-order valence-electron chi connectivity index (χ3n) is 4.91. The van der Waals surface area contributed by atoms with E-state index in [2.05, 4.69) is 6.58 Å². The molecule has 1 heterocycles. The average molecular weight is 520 g/mol. The van der Waals surface area contributed by atoms with Crippen LogP contribution in [-0.4, -0.2) is 41.5 Å². The first kappa shape index (κ1) is 26.7. The van der Waals surface area contributed by atoms with Crippen LogP contribution in [0.25, 0.3) is 0 Å². The van der Waals surface area contributed by atoms with Crippen molar-refractivity contribution in [2.24, 2.45) is 0 Å². The molecule has 0 N–H and O–H groups in total. The molecule has 0 radical (unpaired) electrons. The van der Waals surface area contributed by atoms with E-state index in [1.807, 2.05) is 6.07 Å². The number of carbonyl (C=O) groups is 2. The Morgan fingerprint density at radius 2 is 1.89 bits per heavy atom. The number of nitrogens with zero attached hydrogens (tertiary/aromatic N) is 4. The van der Waals surface area contributed by atoms with Crippen molar-refractivity contribution in [1.29, 1.82) is 5.26 Å². The molecule has 0 unspecified atom stereocenters. The molecule has 2 aromatic rings. The summed E-state index contributed by atoms with van der Waals surface area (Å²) in [4.78, 5) is 35.4. The third kappa shape index (κ3) is 5.50. The molecule has 2 amide bonds. The Morgan fingerprint density at radius 1 is 1.22 bits per heavy atom. The number of urea groups is 1. The third-order valence-corrected chi connectivity index (χ3v) is 4.91. The second kappa shape index (κ2) is 9.97. The van der Waals surface area contributed by atoms with Crippen LogP contribution >= 0.6 is 0 Å². The molecule has 2 aromatic carbocycles. The molecule has 0 saturated heterocycles. The molecule has 192 valence electrons. The van der Waals surface area contributed by atoms with Crippen LogP contribution in [0.3, 0.4) is 0 Å². The average Bonchev–Trinajstić information content (AvgIpc) is 2.81. The van der Waals surface area contributed by atoms with Gasteiger partial charge in [0, 0.05) is 24.9 Å². The van der Waals surface area contributed by atoms with Crippen molar-refractivity contribution in [3.05, 3.63) is 75.9 Å². The maximum Gasteiger partial charge on any atom is 0.431 e. The molecule has 0 spiro atoms. The van der Waals surface area contributed by atoms with E-state index in [0.29, 0.717) is 17.0 Å². The summed E-state index contributed by atoms with van der Waals surface area (Å²) in [6.07, 6.45) is -4.41. The van der Waals surface area contributed by atoms with Gasteiger partial charge in [-0.3, -0.25) is 24.7 Å². The Hall–Kier alpha value is -4.93. The molecule has 3 rings (SSSR count). The first-order valence-electron chi connectivity index (χ1n) is 10.1. The van der Waals surface area contributed by atoms with Gasteiger partial charge in [0.05, 0.1) is 28.3 Å². The minimum Gasteiger partial charge on any atom is -0.482 e. The number of ether oxygens (including phenoxy) is 2. The highest BCUT2D eigenvalue weighted by atomic mass is 19.4. The summed E-state index contributed by atoms with van der Waals surface area (Å²) in [6.45, 7) is 4.22. The van der Waals surface area contributed by atoms with Gasteiger partial charge in [0.1, 0.15) is 12.3 Å². The fourth-order valence-corrected chi connectivity index (χ4v) is 3.23. The van der Waals surface area contributed by atoms with Crippen LogP contribution < -0.4 is 14.4 Å². The zero-order chi connectivity index (χ0) is 27.7. The van der Waals surface area contributed by atoms with Crippen molar-refractivity contribution in [2.75, 3.05) is 18.6 Å². The summed E-state index contributed by atoms with van der Waals surface area (Å²) in [7, 11) is 0.813. The molecule has 14 heteroatoms. The second-order valence-corrected chi connectivity index (χ2v) is 7.59. The summed E-state index contributed by atoms with van der Waals surface area (Å²) in [5.74, 6) is -2.70. The molecule has 0 fully saturated rings. The van der Waals surface area contributed by atoms with Crippen LogP contribution in [-0.2, 0) is 4.79 Å². The number of hydrogen-bond donors (Lipinski definition) is 0. The molecule has 1 aliphatic heterocycles. The standard InChI is InChI=1S/C23H16F4N4O6/c1-12-6-21(23(25,26)27)29(3)22(33)30(12)16-9-19(17(31(34)35)8-15(16)24)37-20-7-14(10-28)4-5-18(20)36-11-13(2)32/h4-9H,1,11H2,2-3H3. The summed E-state index contributed by atoms with van der Waals surface area (Å²) in [6, 6.07) is 5.35. The SMILES string of the molecule is C=C1C=C(C(F)(F)F)N(C)C(=O)N1c1cc(Oc2cc(C#N)ccc2OCC(C)=O)c([N+](=O)[O-])cc1F. The topological polar surface area (TPSA) is 126 Å². The Bertz CT molecular complexity index is 1400. The first-order valence-corrected chi connectivity index (χ1v) is 10.1. The molecule has 0 bridgehead atoms. The number of alkyl halides is 3. The number of nitriles is 1. The largest absolute Gasteiger partial charge is 0.482 e. The van der Waals surface area contributed by atoms with E-state index in [0.717, 1.165) is 19.2 Å². The maximum atomic E-state index is 15.0. The number of halogens is 4. The van der Waals surface area contributed by atoms with Crippen molar-refractivity contribution >= 4 is 23.2 Å². The van der Waals surface area contributed by atoms with Gasteiger partial charge in [-0.05, 0) is 25.1 Å². The van der Waals surface area contributed by atoms with E-state index in [4.69, 9.17) is 9.47 Å². The molecule has 0 saturated carbocycles. The van der Waals surface area contributed by atoms with Crippen LogP contribution in [0.15, 0.2) is 54.4 Å². The van der Waals surface area contributed by atoms with Gasteiger partial charge in [-0.15, -0.1) is 0 Å². The Morgan fingerprint density at radius 3 is 2.46 bits per heavy atom. The Kier molecular flexibility index (Phi) is 7.19. The zero-order valence-electron chi connectivity index (χ0n) is 19.1. The number of Topliss-reactive ketones (excluding diaryl/α,β-unsaturated/α-hetero) is 1.